The van der Waals surface area contributed by atoms with Crippen molar-refractivity contribution in [2.24, 2.45) is 0 Å². The van der Waals surface area contributed by atoms with Crippen molar-refractivity contribution in [3.63, 3.8) is 0 Å². The summed E-state index contributed by atoms with van der Waals surface area (Å²) in [5, 5.41) is 8.78. The fourth-order valence-electron chi connectivity index (χ4n) is 1.85. The molecule has 4 nitrogen and oxygen atoms in total. The molecule has 0 saturated heterocycles. The van der Waals surface area contributed by atoms with E-state index in [9.17, 15) is 4.79 Å². The monoisotopic (exact) mass is 286 g/mol. The van der Waals surface area contributed by atoms with E-state index in [1.165, 1.54) is 17.7 Å². The molecule has 0 radical (unpaired) electrons. The summed E-state index contributed by atoms with van der Waals surface area (Å²) in [6, 6.07) is 16.5. The van der Waals surface area contributed by atoms with Gasteiger partial charge >= 0.3 is 5.97 Å². The highest BCUT2D eigenvalue weighted by atomic mass is 16.5. The summed E-state index contributed by atoms with van der Waals surface area (Å²) in [6.45, 7) is 1.61. The summed E-state index contributed by atoms with van der Waals surface area (Å²) in [7, 11) is 0. The Hall–Kier alpha value is -2.33. The SMILES string of the molecule is O=C(O)c1ccc(OCCOCCc2ccccc2)cc1. The molecule has 4 heteroatoms. The Bertz CT molecular complexity index is 549. The first-order chi connectivity index (χ1) is 10.3. The number of hydrogen-bond acceptors (Lipinski definition) is 3. The van der Waals surface area contributed by atoms with E-state index in [0.29, 0.717) is 25.6 Å². The Morgan fingerprint density at radius 3 is 2.29 bits per heavy atom. The van der Waals surface area contributed by atoms with E-state index in [4.69, 9.17) is 14.6 Å². The van der Waals surface area contributed by atoms with Crippen LogP contribution >= 0.6 is 0 Å². The third-order valence-corrected chi connectivity index (χ3v) is 2.98. The lowest BCUT2D eigenvalue weighted by Crippen LogP contribution is -2.08. The first kappa shape index (κ1) is 15.1. The Morgan fingerprint density at radius 2 is 1.62 bits per heavy atom. The van der Waals surface area contributed by atoms with Gasteiger partial charge in [0.25, 0.3) is 0 Å². The third kappa shape index (κ3) is 5.28. The average molecular weight is 286 g/mol. The van der Waals surface area contributed by atoms with E-state index < -0.39 is 5.97 Å². The summed E-state index contributed by atoms with van der Waals surface area (Å²) in [6.07, 6.45) is 0.883. The molecule has 0 atom stereocenters. The van der Waals surface area contributed by atoms with Crippen LogP contribution in [0.5, 0.6) is 5.75 Å². The normalized spacial score (nSPS) is 10.3. The molecule has 2 rings (SSSR count). The van der Waals surface area contributed by atoms with Crippen molar-refractivity contribution in [1.29, 1.82) is 0 Å². The third-order valence-electron chi connectivity index (χ3n) is 2.98. The van der Waals surface area contributed by atoms with E-state index in [1.54, 1.807) is 12.1 Å². The number of rotatable bonds is 8. The topological polar surface area (TPSA) is 55.8 Å². The largest absolute Gasteiger partial charge is 0.491 e. The molecular formula is C17H18O4. The van der Waals surface area contributed by atoms with Crippen LogP contribution in [0.3, 0.4) is 0 Å². The van der Waals surface area contributed by atoms with Gasteiger partial charge in [-0.3, -0.25) is 0 Å². The molecule has 0 saturated carbocycles. The number of carboxylic acids is 1. The lowest BCUT2D eigenvalue weighted by molar-refractivity contribution is 0.0696. The molecular weight excluding hydrogens is 268 g/mol. The van der Waals surface area contributed by atoms with E-state index >= 15 is 0 Å². The molecule has 0 unspecified atom stereocenters. The Labute approximate surface area is 123 Å². The van der Waals surface area contributed by atoms with Crippen molar-refractivity contribution >= 4 is 5.97 Å². The van der Waals surface area contributed by atoms with Gasteiger partial charge in [-0.15, -0.1) is 0 Å². The summed E-state index contributed by atoms with van der Waals surface area (Å²) in [5.74, 6) is -0.294. The molecule has 0 heterocycles. The van der Waals surface area contributed by atoms with Gasteiger partial charge in [-0.25, -0.2) is 4.79 Å². The second kappa shape index (κ2) is 8.07. The van der Waals surface area contributed by atoms with Crippen molar-refractivity contribution in [2.45, 2.75) is 6.42 Å². The minimum Gasteiger partial charge on any atom is -0.491 e. The molecule has 0 aliphatic rings. The second-order valence-electron chi connectivity index (χ2n) is 4.53. The highest BCUT2D eigenvalue weighted by Crippen LogP contribution is 2.12. The number of ether oxygens (including phenoxy) is 2. The van der Waals surface area contributed by atoms with Crippen LogP contribution in [0, 0.1) is 0 Å². The van der Waals surface area contributed by atoms with Gasteiger partial charge in [0.1, 0.15) is 12.4 Å². The molecule has 0 aromatic heterocycles. The second-order valence-corrected chi connectivity index (χ2v) is 4.53. The lowest BCUT2D eigenvalue weighted by Gasteiger charge is -2.07. The predicted molar refractivity (Wildman–Crippen MR) is 79.9 cm³/mol. The minimum absolute atomic E-state index is 0.251. The fraction of sp³-hybridized carbons (Fsp3) is 0.235. The summed E-state index contributed by atoms with van der Waals surface area (Å²) in [5.41, 5.74) is 1.50. The maximum atomic E-state index is 10.7. The highest BCUT2D eigenvalue weighted by Gasteiger charge is 2.01. The molecule has 21 heavy (non-hydrogen) atoms. The molecule has 110 valence electrons. The number of carboxylic acid groups (broad SMARTS) is 1. The van der Waals surface area contributed by atoms with Crippen LogP contribution in [0.25, 0.3) is 0 Å². The zero-order valence-electron chi connectivity index (χ0n) is 11.7. The van der Waals surface area contributed by atoms with Crippen molar-refractivity contribution in [2.75, 3.05) is 19.8 Å². The molecule has 2 aromatic rings. The highest BCUT2D eigenvalue weighted by molar-refractivity contribution is 5.87. The fourth-order valence-corrected chi connectivity index (χ4v) is 1.85. The summed E-state index contributed by atoms with van der Waals surface area (Å²) >= 11 is 0. The molecule has 0 aliphatic heterocycles. The van der Waals surface area contributed by atoms with Gasteiger partial charge in [0.15, 0.2) is 0 Å². The molecule has 0 bridgehead atoms. The van der Waals surface area contributed by atoms with E-state index in [0.717, 1.165) is 6.42 Å². The summed E-state index contributed by atoms with van der Waals surface area (Å²) in [4.78, 5) is 10.7. The first-order valence-electron chi connectivity index (χ1n) is 6.83. The predicted octanol–water partition coefficient (Wildman–Crippen LogP) is 3.02. The zero-order chi connectivity index (χ0) is 14.9. The lowest BCUT2D eigenvalue weighted by atomic mass is 10.2. The van der Waals surface area contributed by atoms with Crippen molar-refractivity contribution in [3.8, 4) is 5.75 Å². The quantitative estimate of drug-likeness (QED) is 0.758. The first-order valence-corrected chi connectivity index (χ1v) is 6.83. The van der Waals surface area contributed by atoms with Gasteiger partial charge in [0.05, 0.1) is 18.8 Å². The van der Waals surface area contributed by atoms with Gasteiger partial charge in [-0.2, -0.15) is 0 Å². The molecule has 0 fully saturated rings. The number of aromatic carboxylic acids is 1. The van der Waals surface area contributed by atoms with Gasteiger partial charge in [0, 0.05) is 0 Å². The number of benzene rings is 2. The van der Waals surface area contributed by atoms with Gasteiger partial charge < -0.3 is 14.6 Å². The van der Waals surface area contributed by atoms with E-state index in [2.05, 4.69) is 12.1 Å². The van der Waals surface area contributed by atoms with Crippen molar-refractivity contribution in [3.05, 3.63) is 65.7 Å². The minimum atomic E-state index is -0.939. The van der Waals surface area contributed by atoms with Crippen LogP contribution in [-0.2, 0) is 11.2 Å². The molecule has 0 amide bonds. The standard InChI is InChI=1S/C17H18O4/c18-17(19)15-6-8-16(9-7-15)21-13-12-20-11-10-14-4-2-1-3-5-14/h1-9H,10-13H2,(H,18,19). The van der Waals surface area contributed by atoms with Crippen molar-refractivity contribution < 1.29 is 19.4 Å². The Balaban J connectivity index is 1.60. The van der Waals surface area contributed by atoms with Gasteiger partial charge in [-0.05, 0) is 36.2 Å². The molecule has 0 spiro atoms. The maximum absolute atomic E-state index is 10.7. The van der Waals surface area contributed by atoms with Crippen LogP contribution in [0.15, 0.2) is 54.6 Å². The Kier molecular flexibility index (Phi) is 5.79. The molecule has 2 aromatic carbocycles. The molecule has 0 aliphatic carbocycles. The van der Waals surface area contributed by atoms with Gasteiger partial charge in [0.2, 0.25) is 0 Å². The van der Waals surface area contributed by atoms with E-state index in [-0.39, 0.29) is 5.56 Å². The summed E-state index contributed by atoms with van der Waals surface area (Å²) < 4.78 is 11.0. The van der Waals surface area contributed by atoms with Crippen LogP contribution in [-0.4, -0.2) is 30.9 Å². The zero-order valence-corrected chi connectivity index (χ0v) is 11.7. The van der Waals surface area contributed by atoms with Gasteiger partial charge in [-0.1, -0.05) is 30.3 Å². The average Bonchev–Trinajstić information content (AvgIpc) is 2.52. The van der Waals surface area contributed by atoms with Crippen molar-refractivity contribution in [1.82, 2.24) is 0 Å². The maximum Gasteiger partial charge on any atom is 0.335 e. The number of carbonyl (C=O) groups is 1. The molecule has 1 N–H and O–H groups in total. The Morgan fingerprint density at radius 1 is 0.905 bits per heavy atom. The van der Waals surface area contributed by atoms with Crippen LogP contribution in [0.1, 0.15) is 15.9 Å². The smallest absolute Gasteiger partial charge is 0.335 e. The van der Waals surface area contributed by atoms with Crippen LogP contribution in [0.4, 0.5) is 0 Å². The van der Waals surface area contributed by atoms with Crippen LogP contribution < -0.4 is 4.74 Å². The van der Waals surface area contributed by atoms with E-state index in [1.807, 2.05) is 18.2 Å². The number of hydrogen-bond donors (Lipinski definition) is 1. The van der Waals surface area contributed by atoms with Crippen LogP contribution in [0.2, 0.25) is 0 Å².